The lowest BCUT2D eigenvalue weighted by atomic mass is 10.0. The summed E-state index contributed by atoms with van der Waals surface area (Å²) in [6.07, 6.45) is -2.35. The Hall–Kier alpha value is -3.66. The molecule has 0 radical (unpaired) electrons. The number of hydrogen-bond acceptors (Lipinski definition) is 5. The van der Waals surface area contributed by atoms with Crippen molar-refractivity contribution in [2.75, 3.05) is 18.5 Å². The van der Waals surface area contributed by atoms with Crippen molar-refractivity contribution in [3.63, 3.8) is 0 Å². The minimum Gasteiger partial charge on any atom is -0.481 e. The van der Waals surface area contributed by atoms with Crippen LogP contribution in [0, 0.1) is 11.7 Å². The number of aliphatic carboxylic acids is 1. The Labute approximate surface area is 219 Å². The first kappa shape index (κ1) is 28.9. The Morgan fingerprint density at radius 3 is 2.39 bits per heavy atom. The average molecular weight is 534 g/mol. The van der Waals surface area contributed by atoms with Crippen LogP contribution in [-0.4, -0.2) is 35.3 Å². The number of benzene rings is 2. The molecule has 204 valence electrons. The van der Waals surface area contributed by atoms with Crippen molar-refractivity contribution in [2.24, 2.45) is 5.92 Å². The summed E-state index contributed by atoms with van der Waals surface area (Å²) in [5.74, 6) is -1.10. The summed E-state index contributed by atoms with van der Waals surface area (Å²) in [6.45, 7) is 5.50. The topological polar surface area (TPSA) is 83.5 Å². The quantitative estimate of drug-likeness (QED) is 0.175. The summed E-state index contributed by atoms with van der Waals surface area (Å²) in [7, 11) is 0. The molecule has 3 rings (SSSR count). The van der Waals surface area contributed by atoms with Crippen LogP contribution >= 0.6 is 0 Å². The third kappa shape index (κ3) is 9.02. The van der Waals surface area contributed by atoms with Gasteiger partial charge in [-0.15, -0.1) is 0 Å². The van der Waals surface area contributed by atoms with E-state index in [-0.39, 0.29) is 18.0 Å². The van der Waals surface area contributed by atoms with Crippen molar-refractivity contribution in [3.05, 3.63) is 77.7 Å². The molecule has 0 aliphatic rings. The van der Waals surface area contributed by atoms with E-state index in [1.807, 2.05) is 24.3 Å². The molecule has 0 saturated carbocycles. The van der Waals surface area contributed by atoms with Gasteiger partial charge in [-0.2, -0.15) is 13.2 Å². The number of aromatic nitrogens is 1. The first-order valence-electron chi connectivity index (χ1n) is 12.2. The molecular formula is C28H31F4N3O3. The normalized spacial score (nSPS) is 12.4. The van der Waals surface area contributed by atoms with Crippen LogP contribution in [0.1, 0.15) is 37.8 Å². The van der Waals surface area contributed by atoms with Gasteiger partial charge >= 0.3 is 12.1 Å². The van der Waals surface area contributed by atoms with E-state index in [0.717, 1.165) is 29.8 Å². The van der Waals surface area contributed by atoms with E-state index in [1.165, 1.54) is 6.20 Å². The van der Waals surface area contributed by atoms with Gasteiger partial charge in [0.05, 0.1) is 18.0 Å². The van der Waals surface area contributed by atoms with Crippen molar-refractivity contribution < 1.29 is 32.2 Å². The van der Waals surface area contributed by atoms with E-state index < -0.39 is 23.5 Å². The molecule has 1 heterocycles. The molecule has 6 nitrogen and oxygen atoms in total. The molecule has 38 heavy (non-hydrogen) atoms. The number of carboxylic acids is 1. The van der Waals surface area contributed by atoms with Crippen molar-refractivity contribution in [1.82, 2.24) is 10.3 Å². The number of carboxylic acid groups (broad SMARTS) is 1. The van der Waals surface area contributed by atoms with Crippen LogP contribution in [0.15, 0.2) is 60.8 Å². The molecule has 1 aromatic heterocycles. The van der Waals surface area contributed by atoms with Crippen LogP contribution in [0.2, 0.25) is 0 Å². The monoisotopic (exact) mass is 533 g/mol. The maximum Gasteiger partial charge on any atom is 0.416 e. The van der Waals surface area contributed by atoms with E-state index in [0.29, 0.717) is 43.1 Å². The maximum atomic E-state index is 14.3. The van der Waals surface area contributed by atoms with E-state index >= 15 is 0 Å². The number of ether oxygens (including phenoxy) is 1. The van der Waals surface area contributed by atoms with Gasteiger partial charge in [0.1, 0.15) is 12.4 Å². The molecule has 0 spiro atoms. The number of nitrogens with zero attached hydrogens (tertiary/aromatic N) is 1. The standard InChI is InChI=1S/C28H31F4N3O3/c1-18(2)13-23(35-22-7-3-19(4-8-22)15-33-12-11-27(36)37)17-38-26-10-5-20(16-34-26)24-9-6-21(14-25(24)29)28(30,31)32/h3-10,14,16,18,23,33,35H,11-13,15,17H2,1-2H3,(H,36,37)/t23-/m0/s1. The number of halogens is 4. The lowest BCUT2D eigenvalue weighted by Gasteiger charge is -2.22. The van der Waals surface area contributed by atoms with Crippen LogP contribution in [-0.2, 0) is 17.5 Å². The smallest absolute Gasteiger partial charge is 0.416 e. The summed E-state index contributed by atoms with van der Waals surface area (Å²) in [4.78, 5) is 14.8. The zero-order chi connectivity index (χ0) is 27.7. The van der Waals surface area contributed by atoms with Gasteiger partial charge in [-0.05, 0) is 48.2 Å². The second kappa shape index (κ2) is 13.2. The van der Waals surface area contributed by atoms with Crippen molar-refractivity contribution in [2.45, 2.75) is 45.5 Å². The summed E-state index contributed by atoms with van der Waals surface area (Å²) in [5, 5.41) is 15.3. The molecule has 0 unspecified atom stereocenters. The van der Waals surface area contributed by atoms with Gasteiger partial charge in [-0.25, -0.2) is 9.37 Å². The zero-order valence-electron chi connectivity index (χ0n) is 21.2. The minimum absolute atomic E-state index is 0.0247. The highest BCUT2D eigenvalue weighted by Gasteiger charge is 2.31. The van der Waals surface area contributed by atoms with Gasteiger partial charge in [0.25, 0.3) is 0 Å². The fourth-order valence-corrected chi connectivity index (χ4v) is 3.86. The molecule has 10 heteroatoms. The molecule has 3 aromatic rings. The van der Waals surface area contributed by atoms with Gasteiger partial charge in [0.2, 0.25) is 5.88 Å². The zero-order valence-corrected chi connectivity index (χ0v) is 21.2. The van der Waals surface area contributed by atoms with Crippen LogP contribution < -0.4 is 15.4 Å². The molecule has 0 bridgehead atoms. The summed E-state index contributed by atoms with van der Waals surface area (Å²) in [5.41, 5.74) is 1.27. The molecule has 0 saturated heterocycles. The van der Waals surface area contributed by atoms with Gasteiger partial charge in [-0.1, -0.05) is 32.0 Å². The molecular weight excluding hydrogens is 502 g/mol. The van der Waals surface area contributed by atoms with Crippen molar-refractivity contribution in [3.8, 4) is 17.0 Å². The van der Waals surface area contributed by atoms with Crippen LogP contribution in [0.4, 0.5) is 23.2 Å². The SMILES string of the molecule is CC(C)C[C@@H](COc1ccc(-c2ccc(C(F)(F)F)cc2F)cn1)Nc1ccc(CNCCC(=O)O)cc1. The second-order valence-corrected chi connectivity index (χ2v) is 9.38. The van der Waals surface area contributed by atoms with Gasteiger partial charge in [0.15, 0.2) is 0 Å². The Bertz CT molecular complexity index is 1180. The van der Waals surface area contributed by atoms with Crippen molar-refractivity contribution in [1.29, 1.82) is 0 Å². The number of carbonyl (C=O) groups is 1. The molecule has 0 aliphatic carbocycles. The Balaban J connectivity index is 1.58. The number of anilines is 1. The summed E-state index contributed by atoms with van der Waals surface area (Å²) < 4.78 is 58.5. The van der Waals surface area contributed by atoms with Gasteiger partial charge < -0.3 is 20.5 Å². The van der Waals surface area contributed by atoms with E-state index in [2.05, 4.69) is 29.5 Å². The largest absolute Gasteiger partial charge is 0.481 e. The van der Waals surface area contributed by atoms with E-state index in [9.17, 15) is 22.4 Å². The van der Waals surface area contributed by atoms with Gasteiger partial charge in [0, 0.05) is 42.2 Å². The van der Waals surface area contributed by atoms with Crippen LogP contribution in [0.5, 0.6) is 5.88 Å². The van der Waals surface area contributed by atoms with Crippen LogP contribution in [0.25, 0.3) is 11.1 Å². The average Bonchev–Trinajstić information content (AvgIpc) is 2.85. The summed E-state index contributed by atoms with van der Waals surface area (Å²) >= 11 is 0. The molecule has 0 aliphatic heterocycles. The fraction of sp³-hybridized carbons (Fsp3) is 0.357. The molecule has 1 atom stereocenters. The van der Waals surface area contributed by atoms with E-state index in [4.69, 9.17) is 9.84 Å². The van der Waals surface area contributed by atoms with Crippen molar-refractivity contribution >= 4 is 11.7 Å². The Morgan fingerprint density at radius 2 is 1.82 bits per heavy atom. The van der Waals surface area contributed by atoms with Gasteiger partial charge in [-0.3, -0.25) is 4.79 Å². The molecule has 3 N–H and O–H groups in total. The molecule has 2 aromatic carbocycles. The predicted octanol–water partition coefficient (Wildman–Crippen LogP) is 6.38. The number of rotatable bonds is 13. The second-order valence-electron chi connectivity index (χ2n) is 9.38. The number of alkyl halides is 3. The highest BCUT2D eigenvalue weighted by Crippen LogP contribution is 2.33. The Kier molecular flexibility index (Phi) is 10.1. The Morgan fingerprint density at radius 1 is 1.08 bits per heavy atom. The first-order chi connectivity index (χ1) is 18.0. The lowest BCUT2D eigenvalue weighted by Crippen LogP contribution is -2.29. The minimum atomic E-state index is -4.61. The highest BCUT2D eigenvalue weighted by atomic mass is 19.4. The predicted molar refractivity (Wildman–Crippen MR) is 137 cm³/mol. The third-order valence-corrected chi connectivity index (χ3v) is 5.70. The number of hydrogen-bond donors (Lipinski definition) is 3. The third-order valence-electron chi connectivity index (χ3n) is 5.70. The highest BCUT2D eigenvalue weighted by molar-refractivity contribution is 5.66. The number of nitrogens with one attached hydrogen (secondary N) is 2. The lowest BCUT2D eigenvalue weighted by molar-refractivity contribution is -0.138. The molecule has 0 amide bonds. The maximum absolute atomic E-state index is 14.3. The van der Waals surface area contributed by atoms with E-state index in [1.54, 1.807) is 12.1 Å². The first-order valence-corrected chi connectivity index (χ1v) is 12.2. The van der Waals surface area contributed by atoms with Crippen LogP contribution in [0.3, 0.4) is 0 Å². The molecule has 0 fully saturated rings. The fourth-order valence-electron chi connectivity index (χ4n) is 3.86. The summed E-state index contributed by atoms with van der Waals surface area (Å²) in [6, 6.07) is 13.3. The number of pyridine rings is 1.